The number of hydrogen-bond acceptors (Lipinski definition) is 6. The minimum Gasteiger partial charge on any atom is -0.465 e. The maximum atomic E-state index is 11.6. The second-order valence-corrected chi connectivity index (χ2v) is 5.02. The highest BCUT2D eigenvalue weighted by Crippen LogP contribution is 2.30. The van der Waals surface area contributed by atoms with Crippen molar-refractivity contribution in [3.8, 4) is 0 Å². The van der Waals surface area contributed by atoms with Gasteiger partial charge in [0.15, 0.2) is 5.69 Å². The molecular weight excluding hydrogens is 322 g/mol. The first-order valence-electron chi connectivity index (χ1n) is 4.83. The molecule has 18 heavy (non-hydrogen) atoms. The van der Waals surface area contributed by atoms with Gasteiger partial charge >= 0.3 is 11.9 Å². The summed E-state index contributed by atoms with van der Waals surface area (Å²) in [6, 6.07) is 1.57. The van der Waals surface area contributed by atoms with E-state index in [1.807, 2.05) is 5.38 Å². The van der Waals surface area contributed by atoms with Gasteiger partial charge in [-0.2, -0.15) is 0 Å². The van der Waals surface area contributed by atoms with Crippen LogP contribution in [0.25, 0.3) is 10.2 Å². The number of methoxy groups -OCH3 is 2. The maximum absolute atomic E-state index is 11.6. The molecule has 0 amide bonds. The molecule has 0 fully saturated rings. The summed E-state index contributed by atoms with van der Waals surface area (Å²) in [4.78, 5) is 28.1. The molecule has 0 radical (unpaired) electrons. The molecule has 2 aromatic heterocycles. The van der Waals surface area contributed by atoms with Crippen LogP contribution in [0.5, 0.6) is 0 Å². The van der Waals surface area contributed by atoms with Crippen molar-refractivity contribution in [3.63, 3.8) is 0 Å². The first kappa shape index (κ1) is 13.0. The molecule has 2 heterocycles. The number of halogens is 1. The predicted octanol–water partition coefficient (Wildman–Crippen LogP) is 2.63. The molecule has 0 aromatic carbocycles. The Kier molecular flexibility index (Phi) is 3.63. The number of fused-ring (bicyclic) bond motifs is 1. The van der Waals surface area contributed by atoms with Crippen LogP contribution >= 0.6 is 27.3 Å². The molecule has 0 aliphatic heterocycles. The topological polar surface area (TPSA) is 65.5 Å². The molecule has 0 saturated heterocycles. The smallest absolute Gasteiger partial charge is 0.357 e. The lowest BCUT2D eigenvalue weighted by molar-refractivity contribution is 0.0550. The van der Waals surface area contributed by atoms with Gasteiger partial charge in [0.2, 0.25) is 0 Å². The van der Waals surface area contributed by atoms with E-state index in [4.69, 9.17) is 0 Å². The number of pyridine rings is 1. The molecule has 2 rings (SSSR count). The Morgan fingerprint density at radius 1 is 1.28 bits per heavy atom. The Morgan fingerprint density at radius 2 is 1.94 bits per heavy atom. The molecular formula is C11H8BrNO4S. The van der Waals surface area contributed by atoms with Crippen LogP contribution in [0.4, 0.5) is 0 Å². The molecule has 0 N–H and O–H groups in total. The fourth-order valence-corrected chi connectivity index (χ4v) is 2.94. The van der Waals surface area contributed by atoms with E-state index in [-0.39, 0.29) is 11.3 Å². The fraction of sp³-hybridized carbons (Fsp3) is 0.182. The second kappa shape index (κ2) is 5.03. The molecule has 0 bridgehead atoms. The van der Waals surface area contributed by atoms with Crippen LogP contribution in [0, 0.1) is 0 Å². The largest absolute Gasteiger partial charge is 0.465 e. The zero-order valence-electron chi connectivity index (χ0n) is 9.52. The fourth-order valence-electron chi connectivity index (χ4n) is 1.45. The Hall–Kier alpha value is -1.47. The number of ether oxygens (including phenoxy) is 2. The lowest BCUT2D eigenvalue weighted by atomic mass is 10.1. The number of nitrogens with zero attached hydrogens (tertiary/aromatic N) is 1. The van der Waals surface area contributed by atoms with Gasteiger partial charge in [-0.3, -0.25) is 0 Å². The van der Waals surface area contributed by atoms with E-state index in [1.54, 1.807) is 6.07 Å². The van der Waals surface area contributed by atoms with E-state index in [2.05, 4.69) is 30.4 Å². The lowest BCUT2D eigenvalue weighted by Gasteiger charge is -2.05. The monoisotopic (exact) mass is 329 g/mol. The number of thiophene rings is 1. The lowest BCUT2D eigenvalue weighted by Crippen LogP contribution is -2.13. The van der Waals surface area contributed by atoms with Crippen molar-refractivity contribution in [3.05, 3.63) is 27.2 Å². The van der Waals surface area contributed by atoms with Crippen molar-refractivity contribution >= 4 is 49.4 Å². The predicted molar refractivity (Wildman–Crippen MR) is 70.0 cm³/mol. The molecule has 0 atom stereocenters. The number of aromatic nitrogens is 1. The third-order valence-electron chi connectivity index (χ3n) is 2.30. The first-order chi connectivity index (χ1) is 8.58. The van der Waals surface area contributed by atoms with Gasteiger partial charge in [-0.1, -0.05) is 0 Å². The number of carbonyl (C=O) groups excluding carboxylic acids is 2. The molecule has 0 aliphatic carbocycles. The first-order valence-corrected chi connectivity index (χ1v) is 6.50. The van der Waals surface area contributed by atoms with Crippen molar-refractivity contribution in [1.29, 1.82) is 0 Å². The summed E-state index contributed by atoms with van der Waals surface area (Å²) in [7, 11) is 2.48. The number of hydrogen-bond donors (Lipinski definition) is 0. The third kappa shape index (κ3) is 2.11. The number of rotatable bonds is 2. The summed E-state index contributed by atoms with van der Waals surface area (Å²) in [5, 5.41) is 2.59. The third-order valence-corrected chi connectivity index (χ3v) is 4.15. The van der Waals surface area contributed by atoms with Crippen molar-refractivity contribution in [2.75, 3.05) is 14.2 Å². The summed E-state index contributed by atoms with van der Waals surface area (Å²) >= 11 is 4.72. The summed E-state index contributed by atoms with van der Waals surface area (Å²) < 4.78 is 10.1. The zero-order valence-corrected chi connectivity index (χ0v) is 11.9. The van der Waals surface area contributed by atoms with Gasteiger partial charge in [0, 0.05) is 15.2 Å². The highest BCUT2D eigenvalue weighted by molar-refractivity contribution is 9.10. The molecule has 94 valence electrons. The van der Waals surface area contributed by atoms with Crippen LogP contribution in [-0.4, -0.2) is 31.1 Å². The molecule has 0 aliphatic rings. The van der Waals surface area contributed by atoms with Crippen LogP contribution in [0.1, 0.15) is 20.8 Å². The zero-order chi connectivity index (χ0) is 13.3. The van der Waals surface area contributed by atoms with Crippen LogP contribution < -0.4 is 0 Å². The van der Waals surface area contributed by atoms with Crippen molar-refractivity contribution in [2.24, 2.45) is 0 Å². The Balaban J connectivity index is 2.73. The SMILES string of the molecule is COC(=O)c1cc2c(Br)csc2nc1C(=O)OC. The van der Waals surface area contributed by atoms with Gasteiger partial charge in [-0.15, -0.1) is 11.3 Å². The Bertz CT molecular complexity index is 637. The minimum absolute atomic E-state index is 0.0359. The van der Waals surface area contributed by atoms with Crippen molar-refractivity contribution in [1.82, 2.24) is 4.98 Å². The highest BCUT2D eigenvalue weighted by Gasteiger charge is 2.22. The molecule has 7 heteroatoms. The van der Waals surface area contributed by atoms with E-state index >= 15 is 0 Å². The summed E-state index contributed by atoms with van der Waals surface area (Å²) in [5.41, 5.74) is 0.0575. The van der Waals surface area contributed by atoms with Gasteiger partial charge < -0.3 is 9.47 Å². The van der Waals surface area contributed by atoms with Gasteiger partial charge in [-0.25, -0.2) is 14.6 Å². The van der Waals surface area contributed by atoms with E-state index in [0.717, 1.165) is 9.86 Å². The molecule has 0 unspecified atom stereocenters. The molecule has 0 saturated carbocycles. The average Bonchev–Trinajstić information content (AvgIpc) is 2.76. The molecule has 0 spiro atoms. The standard InChI is InChI=1S/C11H8BrNO4S/c1-16-10(14)6-3-5-7(12)4-18-9(5)13-8(6)11(15)17-2/h3-4H,1-2H3. The number of esters is 2. The van der Waals surface area contributed by atoms with Crippen LogP contribution in [0.2, 0.25) is 0 Å². The maximum Gasteiger partial charge on any atom is 0.357 e. The van der Waals surface area contributed by atoms with Crippen molar-refractivity contribution < 1.29 is 19.1 Å². The normalized spacial score (nSPS) is 10.4. The summed E-state index contributed by atoms with van der Waals surface area (Å²) in [5.74, 6) is -1.29. The van der Waals surface area contributed by atoms with Crippen LogP contribution in [-0.2, 0) is 9.47 Å². The quantitative estimate of drug-likeness (QED) is 0.792. The van der Waals surface area contributed by atoms with E-state index in [0.29, 0.717) is 4.83 Å². The van der Waals surface area contributed by atoms with E-state index in [1.165, 1.54) is 25.6 Å². The van der Waals surface area contributed by atoms with Crippen molar-refractivity contribution in [2.45, 2.75) is 0 Å². The minimum atomic E-state index is -0.665. The van der Waals surface area contributed by atoms with Gasteiger partial charge in [0.1, 0.15) is 4.83 Å². The Labute approximate surface area is 115 Å². The van der Waals surface area contributed by atoms with Gasteiger partial charge in [0.05, 0.1) is 19.8 Å². The van der Waals surface area contributed by atoms with E-state index < -0.39 is 11.9 Å². The second-order valence-electron chi connectivity index (χ2n) is 3.30. The molecule has 5 nitrogen and oxygen atoms in total. The van der Waals surface area contributed by atoms with E-state index in [9.17, 15) is 9.59 Å². The van der Waals surface area contributed by atoms with Gasteiger partial charge in [-0.05, 0) is 22.0 Å². The molecule has 2 aromatic rings. The number of carbonyl (C=O) groups is 2. The summed E-state index contributed by atoms with van der Waals surface area (Å²) in [6.07, 6.45) is 0. The highest BCUT2D eigenvalue weighted by atomic mass is 79.9. The summed E-state index contributed by atoms with van der Waals surface area (Å²) in [6.45, 7) is 0. The Morgan fingerprint density at radius 3 is 2.56 bits per heavy atom. The van der Waals surface area contributed by atoms with Gasteiger partial charge in [0.25, 0.3) is 0 Å². The average molecular weight is 330 g/mol. The van der Waals surface area contributed by atoms with Crippen LogP contribution in [0.15, 0.2) is 15.9 Å². The van der Waals surface area contributed by atoms with Crippen LogP contribution in [0.3, 0.4) is 0 Å².